The van der Waals surface area contributed by atoms with Crippen LogP contribution in [0.15, 0.2) is 45.1 Å². The molecule has 36 heavy (non-hydrogen) atoms. The largest absolute Gasteiger partial charge is 0.485 e. The molecule has 0 spiro atoms. The Morgan fingerprint density at radius 1 is 1.17 bits per heavy atom. The molecule has 0 radical (unpaired) electrons. The topological polar surface area (TPSA) is 128 Å². The summed E-state index contributed by atoms with van der Waals surface area (Å²) in [5.74, 6) is 0.601. The van der Waals surface area contributed by atoms with Gasteiger partial charge in [0.15, 0.2) is 11.5 Å². The first-order chi connectivity index (χ1) is 17.0. The van der Waals surface area contributed by atoms with Crippen molar-refractivity contribution < 1.29 is 35.8 Å². The first kappa shape index (κ1) is 24.9. The quantitative estimate of drug-likeness (QED) is 0.526. The van der Waals surface area contributed by atoms with Gasteiger partial charge in [0.2, 0.25) is 10.0 Å². The van der Waals surface area contributed by atoms with Crippen molar-refractivity contribution in [2.45, 2.75) is 30.0 Å². The molecule has 4 aliphatic rings. The van der Waals surface area contributed by atoms with Gasteiger partial charge in [0, 0.05) is 18.7 Å². The zero-order valence-electron chi connectivity index (χ0n) is 19.4. The molecule has 10 nitrogen and oxygen atoms in total. The molecular formula is C22H26F3N5O5S. The molecule has 4 aliphatic heterocycles. The number of rotatable bonds is 5. The number of hydrogen-bond acceptors (Lipinski definition) is 9. The van der Waals surface area contributed by atoms with Crippen LogP contribution in [0.3, 0.4) is 0 Å². The number of fused-ring (bicyclic) bond motifs is 2. The van der Waals surface area contributed by atoms with Crippen molar-refractivity contribution >= 4 is 21.5 Å². The standard InChI is InChI=1S/C22H26F3N5O5S/c1-2-21(26)11-16(29-20-17(21)13(12-27-20)22(23,24)25)28-14-3-4-15(19-18(14)34-9-10-35-19)36(31,32)30-5-7-33-8-6-30/h3-4,11,28H,2,5-10,12,26H2,1H3,(H,27,29). The lowest BCUT2D eigenvalue weighted by atomic mass is 9.82. The van der Waals surface area contributed by atoms with Crippen LogP contribution in [-0.4, -0.2) is 76.3 Å². The molecule has 0 aromatic heterocycles. The number of aliphatic imine (C=N–C) groups is 1. The second-order valence-corrected chi connectivity index (χ2v) is 10.6. The van der Waals surface area contributed by atoms with E-state index in [1.807, 2.05) is 0 Å². The first-order valence-corrected chi connectivity index (χ1v) is 12.9. The minimum absolute atomic E-state index is 0.0304. The number of alkyl halides is 3. The molecule has 1 unspecified atom stereocenters. The van der Waals surface area contributed by atoms with Crippen LogP contribution < -0.4 is 25.8 Å². The highest BCUT2D eigenvalue weighted by molar-refractivity contribution is 7.89. The Morgan fingerprint density at radius 3 is 2.53 bits per heavy atom. The predicted molar refractivity (Wildman–Crippen MR) is 124 cm³/mol. The van der Waals surface area contributed by atoms with Gasteiger partial charge in [-0.3, -0.25) is 4.99 Å². The van der Waals surface area contributed by atoms with Gasteiger partial charge in [0.1, 0.15) is 29.8 Å². The number of ether oxygens (including phenoxy) is 3. The van der Waals surface area contributed by atoms with E-state index >= 15 is 0 Å². The van der Waals surface area contributed by atoms with Gasteiger partial charge in [-0.1, -0.05) is 6.92 Å². The van der Waals surface area contributed by atoms with Gasteiger partial charge in [-0.2, -0.15) is 17.5 Å². The molecule has 1 saturated heterocycles. The average molecular weight is 530 g/mol. The minimum atomic E-state index is -4.55. The Hall–Kier alpha value is -2.81. The Kier molecular flexibility index (Phi) is 6.17. The lowest BCUT2D eigenvalue weighted by Crippen LogP contribution is -2.51. The lowest BCUT2D eigenvalue weighted by Gasteiger charge is -2.35. The fraction of sp³-hybridized carbons (Fsp3) is 0.500. The molecule has 0 amide bonds. The smallest absolute Gasteiger partial charge is 0.414 e. The molecule has 4 N–H and O–H groups in total. The Balaban J connectivity index is 1.51. The lowest BCUT2D eigenvalue weighted by molar-refractivity contribution is -0.0927. The highest BCUT2D eigenvalue weighted by Crippen LogP contribution is 2.45. The minimum Gasteiger partial charge on any atom is -0.485 e. The molecule has 1 aromatic rings. The van der Waals surface area contributed by atoms with Crippen LogP contribution in [0.5, 0.6) is 11.5 Å². The van der Waals surface area contributed by atoms with Crippen LogP contribution in [0, 0.1) is 0 Å². The SMILES string of the molecule is CCC1(N)C=C(Nc2ccc(S(=O)(=O)N3CCOCC3)c3c2OCCO3)NC2=NCC(C(F)(F)F)=C21. The molecule has 1 atom stereocenters. The van der Waals surface area contributed by atoms with E-state index in [9.17, 15) is 21.6 Å². The van der Waals surface area contributed by atoms with Crippen molar-refractivity contribution in [3.8, 4) is 11.5 Å². The number of sulfonamides is 1. The van der Waals surface area contributed by atoms with Crippen LogP contribution in [-0.2, 0) is 14.8 Å². The number of nitrogens with one attached hydrogen (secondary N) is 2. The van der Waals surface area contributed by atoms with E-state index in [2.05, 4.69) is 15.6 Å². The van der Waals surface area contributed by atoms with Gasteiger partial charge in [-0.15, -0.1) is 0 Å². The van der Waals surface area contributed by atoms with Crippen LogP contribution in [0.1, 0.15) is 13.3 Å². The zero-order chi connectivity index (χ0) is 25.7. The normalized spacial score (nSPS) is 24.6. The zero-order valence-corrected chi connectivity index (χ0v) is 20.3. The van der Waals surface area contributed by atoms with E-state index in [-0.39, 0.29) is 60.5 Å². The number of benzene rings is 1. The summed E-state index contributed by atoms with van der Waals surface area (Å²) >= 11 is 0. The van der Waals surface area contributed by atoms with E-state index in [1.165, 1.54) is 22.5 Å². The number of hydrogen-bond donors (Lipinski definition) is 3. The molecule has 4 heterocycles. The van der Waals surface area contributed by atoms with Gasteiger partial charge in [-0.05, 0) is 24.6 Å². The first-order valence-electron chi connectivity index (χ1n) is 11.5. The summed E-state index contributed by atoms with van der Waals surface area (Å²) < 4.78 is 85.4. The fourth-order valence-electron chi connectivity index (χ4n) is 4.62. The number of amidine groups is 1. The maximum atomic E-state index is 13.6. The monoisotopic (exact) mass is 529 g/mol. The van der Waals surface area contributed by atoms with E-state index < -0.39 is 33.9 Å². The van der Waals surface area contributed by atoms with Crippen LogP contribution in [0.2, 0.25) is 0 Å². The Labute approximate surface area is 206 Å². The molecule has 1 fully saturated rings. The van der Waals surface area contributed by atoms with Crippen molar-refractivity contribution in [1.29, 1.82) is 0 Å². The number of nitrogens with zero attached hydrogens (tertiary/aromatic N) is 2. The van der Waals surface area contributed by atoms with Gasteiger partial charge in [0.05, 0.1) is 36.6 Å². The van der Waals surface area contributed by atoms with Crippen LogP contribution in [0.25, 0.3) is 0 Å². The molecule has 14 heteroatoms. The molecular weight excluding hydrogens is 503 g/mol. The van der Waals surface area contributed by atoms with Gasteiger partial charge < -0.3 is 30.6 Å². The van der Waals surface area contributed by atoms with Crippen molar-refractivity contribution in [3.05, 3.63) is 35.2 Å². The highest BCUT2D eigenvalue weighted by Gasteiger charge is 2.47. The summed E-state index contributed by atoms with van der Waals surface area (Å²) in [6.45, 7) is 2.59. The second-order valence-electron chi connectivity index (χ2n) is 8.70. The van der Waals surface area contributed by atoms with E-state index in [0.29, 0.717) is 24.7 Å². The highest BCUT2D eigenvalue weighted by atomic mass is 32.2. The number of morpholine rings is 1. The maximum Gasteiger partial charge on any atom is 0.414 e. The van der Waals surface area contributed by atoms with Crippen molar-refractivity contribution in [2.75, 3.05) is 51.4 Å². The van der Waals surface area contributed by atoms with Crippen molar-refractivity contribution in [3.63, 3.8) is 0 Å². The van der Waals surface area contributed by atoms with Crippen LogP contribution in [0.4, 0.5) is 18.9 Å². The Morgan fingerprint density at radius 2 is 1.86 bits per heavy atom. The fourth-order valence-corrected chi connectivity index (χ4v) is 6.15. The molecule has 5 rings (SSSR count). The number of anilines is 1. The van der Waals surface area contributed by atoms with E-state index in [0.717, 1.165) is 0 Å². The third-order valence-electron chi connectivity index (χ3n) is 6.49. The molecule has 1 aromatic carbocycles. The molecule has 0 aliphatic carbocycles. The van der Waals surface area contributed by atoms with Gasteiger partial charge in [0.25, 0.3) is 0 Å². The van der Waals surface area contributed by atoms with Gasteiger partial charge in [-0.25, -0.2) is 8.42 Å². The third-order valence-corrected chi connectivity index (χ3v) is 8.41. The van der Waals surface area contributed by atoms with Crippen LogP contribution >= 0.6 is 0 Å². The summed E-state index contributed by atoms with van der Waals surface area (Å²) in [5, 5.41) is 5.96. The van der Waals surface area contributed by atoms with Crippen molar-refractivity contribution in [1.82, 2.24) is 9.62 Å². The molecule has 196 valence electrons. The molecule has 0 saturated carbocycles. The maximum absolute atomic E-state index is 13.6. The summed E-state index contributed by atoms with van der Waals surface area (Å²) in [4.78, 5) is 4.00. The molecule has 0 bridgehead atoms. The summed E-state index contributed by atoms with van der Waals surface area (Å²) in [5.41, 5.74) is 4.54. The second kappa shape index (κ2) is 8.94. The predicted octanol–water partition coefficient (Wildman–Crippen LogP) is 1.71. The van der Waals surface area contributed by atoms with E-state index in [1.54, 1.807) is 6.92 Å². The summed E-state index contributed by atoms with van der Waals surface area (Å²) in [6.07, 6.45) is -2.87. The van der Waals surface area contributed by atoms with Gasteiger partial charge >= 0.3 is 6.18 Å². The summed E-state index contributed by atoms with van der Waals surface area (Å²) in [6, 6.07) is 2.94. The Bertz CT molecular complexity index is 1270. The summed E-state index contributed by atoms with van der Waals surface area (Å²) in [7, 11) is -3.87. The number of halogens is 3. The number of nitrogens with two attached hydrogens (primary N) is 1. The third kappa shape index (κ3) is 4.21. The average Bonchev–Trinajstić information content (AvgIpc) is 3.30. The van der Waals surface area contributed by atoms with Crippen molar-refractivity contribution in [2.24, 2.45) is 10.7 Å². The van der Waals surface area contributed by atoms with E-state index in [4.69, 9.17) is 19.9 Å².